The first-order valence-electron chi connectivity index (χ1n) is 4.89. The Balaban J connectivity index is 2.07. The van der Waals surface area contributed by atoms with E-state index in [2.05, 4.69) is 21.2 Å². The van der Waals surface area contributed by atoms with Crippen LogP contribution in [0.3, 0.4) is 0 Å². The zero-order chi connectivity index (χ0) is 10.9. The van der Waals surface area contributed by atoms with Gasteiger partial charge in [-0.15, -0.1) is 0 Å². The summed E-state index contributed by atoms with van der Waals surface area (Å²) in [7, 11) is 1.67. The van der Waals surface area contributed by atoms with Crippen LogP contribution >= 0.6 is 15.9 Å². The molecule has 1 rings (SSSR count). The van der Waals surface area contributed by atoms with Crippen molar-refractivity contribution < 1.29 is 9.47 Å². The molecule has 4 heteroatoms. The third kappa shape index (κ3) is 5.77. The molecule has 0 aliphatic rings. The zero-order valence-electron chi connectivity index (χ0n) is 8.83. The Morgan fingerprint density at radius 2 is 1.87 bits per heavy atom. The Hall–Kier alpha value is -0.580. The van der Waals surface area contributed by atoms with Crippen LogP contribution < -0.4 is 5.32 Å². The number of hydrogen-bond donors (Lipinski definition) is 1. The number of ether oxygens (including phenoxy) is 2. The van der Waals surface area contributed by atoms with E-state index in [9.17, 15) is 0 Å². The molecule has 0 unspecified atom stereocenters. The van der Waals surface area contributed by atoms with Gasteiger partial charge < -0.3 is 14.8 Å². The first kappa shape index (κ1) is 12.5. The van der Waals surface area contributed by atoms with Crippen molar-refractivity contribution in [2.75, 3.05) is 38.8 Å². The van der Waals surface area contributed by atoms with Gasteiger partial charge in [0.1, 0.15) is 0 Å². The normalized spacial score (nSPS) is 10.3. The molecule has 0 spiro atoms. The third-order valence-electron chi connectivity index (χ3n) is 1.85. The van der Waals surface area contributed by atoms with Crippen LogP contribution in [0.15, 0.2) is 28.7 Å². The Kier molecular flexibility index (Phi) is 6.39. The van der Waals surface area contributed by atoms with Crippen LogP contribution in [0, 0.1) is 0 Å². The van der Waals surface area contributed by atoms with Gasteiger partial charge in [0.05, 0.1) is 19.8 Å². The molecule has 0 amide bonds. The predicted octanol–water partition coefficient (Wildman–Crippen LogP) is 2.52. The molecule has 0 saturated heterocycles. The average Bonchev–Trinajstić information content (AvgIpc) is 2.26. The number of benzene rings is 1. The van der Waals surface area contributed by atoms with Crippen molar-refractivity contribution in [3.8, 4) is 0 Å². The van der Waals surface area contributed by atoms with Gasteiger partial charge in [-0.05, 0) is 24.3 Å². The minimum absolute atomic E-state index is 0.651. The molecule has 0 heterocycles. The van der Waals surface area contributed by atoms with E-state index < -0.39 is 0 Å². The van der Waals surface area contributed by atoms with Gasteiger partial charge in [0.2, 0.25) is 0 Å². The molecule has 0 fully saturated rings. The molecule has 0 radical (unpaired) electrons. The van der Waals surface area contributed by atoms with E-state index in [1.807, 2.05) is 24.3 Å². The number of halogens is 1. The summed E-state index contributed by atoms with van der Waals surface area (Å²) in [4.78, 5) is 0. The molecule has 1 aromatic carbocycles. The van der Waals surface area contributed by atoms with Crippen molar-refractivity contribution in [1.29, 1.82) is 0 Å². The number of anilines is 1. The molecule has 1 N–H and O–H groups in total. The topological polar surface area (TPSA) is 30.5 Å². The van der Waals surface area contributed by atoms with E-state index in [-0.39, 0.29) is 0 Å². The van der Waals surface area contributed by atoms with Crippen molar-refractivity contribution in [2.45, 2.75) is 0 Å². The maximum atomic E-state index is 5.32. The summed E-state index contributed by atoms with van der Waals surface area (Å²) in [6.07, 6.45) is 0. The summed E-state index contributed by atoms with van der Waals surface area (Å²) in [5.41, 5.74) is 1.11. The fraction of sp³-hybridized carbons (Fsp3) is 0.455. The highest BCUT2D eigenvalue weighted by Crippen LogP contribution is 2.13. The quantitative estimate of drug-likeness (QED) is 0.775. The SMILES string of the molecule is COCCOCCNc1ccc(Br)cc1. The molecular weight excluding hydrogens is 258 g/mol. The van der Waals surface area contributed by atoms with E-state index in [0.717, 1.165) is 16.7 Å². The molecule has 0 aromatic heterocycles. The zero-order valence-corrected chi connectivity index (χ0v) is 10.4. The second-order valence-corrected chi connectivity index (χ2v) is 3.95. The van der Waals surface area contributed by atoms with Crippen LogP contribution in [0.4, 0.5) is 5.69 Å². The van der Waals surface area contributed by atoms with Gasteiger partial charge in [0.15, 0.2) is 0 Å². The van der Waals surface area contributed by atoms with Gasteiger partial charge >= 0.3 is 0 Å². The van der Waals surface area contributed by atoms with Crippen LogP contribution in [0.5, 0.6) is 0 Å². The number of hydrogen-bond acceptors (Lipinski definition) is 3. The Labute approximate surface area is 98.9 Å². The number of rotatable bonds is 7. The van der Waals surface area contributed by atoms with Crippen LogP contribution in [0.2, 0.25) is 0 Å². The van der Waals surface area contributed by atoms with Gasteiger partial charge in [-0.25, -0.2) is 0 Å². The monoisotopic (exact) mass is 273 g/mol. The fourth-order valence-electron chi connectivity index (χ4n) is 1.08. The highest BCUT2D eigenvalue weighted by Gasteiger charge is 1.91. The summed E-state index contributed by atoms with van der Waals surface area (Å²) in [5.74, 6) is 0. The van der Waals surface area contributed by atoms with Crippen molar-refractivity contribution in [3.63, 3.8) is 0 Å². The Bertz CT molecular complexity index is 264. The van der Waals surface area contributed by atoms with Gasteiger partial charge in [-0.2, -0.15) is 0 Å². The standard InChI is InChI=1S/C11H16BrNO2/c1-14-8-9-15-7-6-13-11-4-2-10(12)3-5-11/h2-5,13H,6-9H2,1H3. The molecule has 0 atom stereocenters. The minimum Gasteiger partial charge on any atom is -0.383 e. The van der Waals surface area contributed by atoms with Crippen LogP contribution in [-0.4, -0.2) is 33.5 Å². The van der Waals surface area contributed by atoms with E-state index in [0.29, 0.717) is 19.8 Å². The lowest BCUT2D eigenvalue weighted by Gasteiger charge is -2.07. The van der Waals surface area contributed by atoms with Gasteiger partial charge in [-0.3, -0.25) is 0 Å². The molecule has 0 bridgehead atoms. The summed E-state index contributed by atoms with van der Waals surface area (Å²) in [5, 5.41) is 3.26. The average molecular weight is 274 g/mol. The first-order valence-corrected chi connectivity index (χ1v) is 5.68. The van der Waals surface area contributed by atoms with Crippen LogP contribution in [-0.2, 0) is 9.47 Å². The Morgan fingerprint density at radius 1 is 1.13 bits per heavy atom. The lowest BCUT2D eigenvalue weighted by molar-refractivity contribution is 0.0759. The smallest absolute Gasteiger partial charge is 0.0701 e. The van der Waals surface area contributed by atoms with Gasteiger partial charge in [-0.1, -0.05) is 15.9 Å². The van der Waals surface area contributed by atoms with Gasteiger partial charge in [0, 0.05) is 23.8 Å². The number of methoxy groups -OCH3 is 1. The molecule has 1 aromatic rings. The van der Waals surface area contributed by atoms with Crippen LogP contribution in [0.25, 0.3) is 0 Å². The molecule has 3 nitrogen and oxygen atoms in total. The minimum atomic E-state index is 0.651. The van der Waals surface area contributed by atoms with E-state index >= 15 is 0 Å². The maximum absolute atomic E-state index is 5.32. The molecular formula is C11H16BrNO2. The van der Waals surface area contributed by atoms with E-state index in [1.165, 1.54) is 0 Å². The maximum Gasteiger partial charge on any atom is 0.0701 e. The first-order chi connectivity index (χ1) is 7.33. The number of nitrogens with one attached hydrogen (secondary N) is 1. The van der Waals surface area contributed by atoms with Crippen molar-refractivity contribution in [1.82, 2.24) is 0 Å². The summed E-state index contributed by atoms with van der Waals surface area (Å²) in [6.45, 7) is 2.81. The molecule has 0 aliphatic carbocycles. The fourth-order valence-corrected chi connectivity index (χ4v) is 1.34. The lowest BCUT2D eigenvalue weighted by Crippen LogP contribution is -2.11. The second-order valence-electron chi connectivity index (χ2n) is 3.04. The van der Waals surface area contributed by atoms with Crippen molar-refractivity contribution in [3.05, 3.63) is 28.7 Å². The highest BCUT2D eigenvalue weighted by atomic mass is 79.9. The predicted molar refractivity (Wildman–Crippen MR) is 65.3 cm³/mol. The van der Waals surface area contributed by atoms with E-state index in [4.69, 9.17) is 9.47 Å². The lowest BCUT2D eigenvalue weighted by atomic mass is 10.3. The van der Waals surface area contributed by atoms with Crippen molar-refractivity contribution >= 4 is 21.6 Å². The highest BCUT2D eigenvalue weighted by molar-refractivity contribution is 9.10. The third-order valence-corrected chi connectivity index (χ3v) is 2.38. The summed E-state index contributed by atoms with van der Waals surface area (Å²) in [6, 6.07) is 8.07. The molecule has 15 heavy (non-hydrogen) atoms. The van der Waals surface area contributed by atoms with Gasteiger partial charge in [0.25, 0.3) is 0 Å². The second kappa shape index (κ2) is 7.68. The summed E-state index contributed by atoms with van der Waals surface area (Å²) < 4.78 is 11.3. The van der Waals surface area contributed by atoms with Crippen molar-refractivity contribution in [2.24, 2.45) is 0 Å². The Morgan fingerprint density at radius 3 is 2.53 bits per heavy atom. The molecule has 0 saturated carbocycles. The summed E-state index contributed by atoms with van der Waals surface area (Å²) >= 11 is 3.39. The largest absolute Gasteiger partial charge is 0.383 e. The molecule has 0 aliphatic heterocycles. The van der Waals surface area contributed by atoms with Crippen LogP contribution in [0.1, 0.15) is 0 Å². The molecule has 84 valence electrons. The van der Waals surface area contributed by atoms with E-state index in [1.54, 1.807) is 7.11 Å².